The van der Waals surface area contributed by atoms with Gasteiger partial charge in [0.15, 0.2) is 0 Å². The molecule has 2 aromatic rings. The summed E-state index contributed by atoms with van der Waals surface area (Å²) in [6, 6.07) is 12.7. The van der Waals surface area contributed by atoms with E-state index in [1.807, 2.05) is 13.4 Å². The Hall–Kier alpha value is -1.94. The van der Waals surface area contributed by atoms with E-state index in [0.29, 0.717) is 0 Å². The first-order chi connectivity index (χ1) is 11.0. The Labute approximate surface area is 143 Å². The van der Waals surface area contributed by atoms with Crippen LogP contribution in [0.3, 0.4) is 0 Å². The molecular weight excluding hydrogens is 302 g/mol. The lowest BCUT2D eigenvalue weighted by Crippen LogP contribution is -2.14. The van der Waals surface area contributed by atoms with E-state index in [-0.39, 0.29) is 0 Å². The summed E-state index contributed by atoms with van der Waals surface area (Å²) in [5.74, 6) is 0. The first-order valence-electron chi connectivity index (χ1n) is 7.80. The van der Waals surface area contributed by atoms with Crippen molar-refractivity contribution in [3.63, 3.8) is 0 Å². The third kappa shape index (κ3) is 4.52. The molecule has 2 rings (SSSR count). The molecule has 0 aliphatic heterocycles. The fourth-order valence-electron chi connectivity index (χ4n) is 2.21. The summed E-state index contributed by atoms with van der Waals surface area (Å²) in [5.41, 5.74) is 5.65. The van der Waals surface area contributed by atoms with Gasteiger partial charge in [-0.15, -0.1) is 11.8 Å². The van der Waals surface area contributed by atoms with Gasteiger partial charge in [-0.2, -0.15) is 0 Å². The van der Waals surface area contributed by atoms with Crippen molar-refractivity contribution >= 4 is 35.2 Å². The van der Waals surface area contributed by atoms with E-state index in [2.05, 4.69) is 78.6 Å². The molecule has 0 aromatic heterocycles. The molecule has 0 aliphatic carbocycles. The van der Waals surface area contributed by atoms with Crippen LogP contribution in [0.4, 0.5) is 17.1 Å². The minimum Gasteiger partial charge on any atom is -0.366 e. The summed E-state index contributed by atoms with van der Waals surface area (Å²) in [6.07, 6.45) is 3.98. The zero-order chi connectivity index (χ0) is 16.8. The third-order valence-corrected chi connectivity index (χ3v) is 4.61. The van der Waals surface area contributed by atoms with Crippen LogP contribution in [0.5, 0.6) is 0 Å². The number of aliphatic imine (C=N–C) groups is 1. The van der Waals surface area contributed by atoms with Gasteiger partial charge in [0.2, 0.25) is 0 Å². The molecule has 0 amide bonds. The minimum absolute atomic E-state index is 0.951. The van der Waals surface area contributed by atoms with Gasteiger partial charge in [0.25, 0.3) is 0 Å². The Balaban J connectivity index is 2.28. The molecule has 4 heteroatoms. The molecule has 0 saturated heterocycles. The van der Waals surface area contributed by atoms with Crippen molar-refractivity contribution in [2.45, 2.75) is 25.7 Å². The zero-order valence-electron chi connectivity index (χ0n) is 14.6. The number of nitrogens with zero attached hydrogens (tertiary/aromatic N) is 2. The SMILES string of the molecule is CCN(C)C=Nc1cc(C)c(Nc2ccccc2SC)cc1C. The topological polar surface area (TPSA) is 27.6 Å². The minimum atomic E-state index is 0.951. The molecule has 0 saturated carbocycles. The van der Waals surface area contributed by atoms with Crippen molar-refractivity contribution in [3.8, 4) is 0 Å². The largest absolute Gasteiger partial charge is 0.366 e. The van der Waals surface area contributed by atoms with Gasteiger partial charge in [0, 0.05) is 24.2 Å². The Bertz CT molecular complexity index is 695. The van der Waals surface area contributed by atoms with Crippen LogP contribution < -0.4 is 5.32 Å². The summed E-state index contributed by atoms with van der Waals surface area (Å²) in [4.78, 5) is 7.90. The van der Waals surface area contributed by atoms with Gasteiger partial charge in [0.05, 0.1) is 17.7 Å². The van der Waals surface area contributed by atoms with E-state index in [1.54, 1.807) is 11.8 Å². The molecule has 0 atom stereocenters. The Morgan fingerprint density at radius 1 is 1.13 bits per heavy atom. The second kappa shape index (κ2) is 8.06. The Morgan fingerprint density at radius 2 is 1.87 bits per heavy atom. The molecule has 0 radical (unpaired) electrons. The van der Waals surface area contributed by atoms with Crippen LogP contribution >= 0.6 is 11.8 Å². The molecule has 1 N–H and O–H groups in total. The number of rotatable bonds is 6. The standard InChI is InChI=1S/C19H25N3S/c1-6-22(4)13-20-17-11-15(3)18(12-14(17)2)21-16-9-7-8-10-19(16)23-5/h7-13,21H,6H2,1-5H3. The number of hydrogen-bond acceptors (Lipinski definition) is 3. The van der Waals surface area contributed by atoms with Crippen LogP contribution in [-0.2, 0) is 0 Å². The van der Waals surface area contributed by atoms with Crippen molar-refractivity contribution in [1.82, 2.24) is 4.90 Å². The molecule has 0 heterocycles. The normalized spacial score (nSPS) is 11.0. The third-order valence-electron chi connectivity index (χ3n) is 3.81. The fraction of sp³-hybridized carbons (Fsp3) is 0.316. The van der Waals surface area contributed by atoms with E-state index in [9.17, 15) is 0 Å². The lowest BCUT2D eigenvalue weighted by atomic mass is 10.1. The number of hydrogen-bond donors (Lipinski definition) is 1. The number of aryl methyl sites for hydroxylation is 2. The molecule has 0 spiro atoms. The Morgan fingerprint density at radius 3 is 2.57 bits per heavy atom. The fourth-order valence-corrected chi connectivity index (χ4v) is 2.76. The van der Waals surface area contributed by atoms with Crippen molar-refractivity contribution in [2.75, 3.05) is 25.2 Å². The Kier molecular flexibility index (Phi) is 6.11. The maximum absolute atomic E-state index is 4.59. The molecule has 0 aliphatic rings. The molecule has 2 aromatic carbocycles. The molecule has 3 nitrogen and oxygen atoms in total. The van der Waals surface area contributed by atoms with Crippen LogP contribution in [0.2, 0.25) is 0 Å². The highest BCUT2D eigenvalue weighted by Crippen LogP contribution is 2.32. The molecule has 122 valence electrons. The molecule has 0 fully saturated rings. The van der Waals surface area contributed by atoms with Crippen molar-refractivity contribution in [1.29, 1.82) is 0 Å². The first-order valence-corrected chi connectivity index (χ1v) is 9.03. The summed E-state index contributed by atoms with van der Waals surface area (Å²) in [7, 11) is 2.03. The molecule has 0 bridgehead atoms. The first kappa shape index (κ1) is 17.4. The zero-order valence-corrected chi connectivity index (χ0v) is 15.4. The lowest BCUT2D eigenvalue weighted by molar-refractivity contribution is 0.552. The van der Waals surface area contributed by atoms with Gasteiger partial charge < -0.3 is 10.2 Å². The van der Waals surface area contributed by atoms with Gasteiger partial charge >= 0.3 is 0 Å². The number of nitrogens with one attached hydrogen (secondary N) is 1. The quantitative estimate of drug-likeness (QED) is 0.438. The van der Waals surface area contributed by atoms with Crippen LogP contribution in [-0.4, -0.2) is 31.1 Å². The van der Waals surface area contributed by atoms with Gasteiger partial charge in [-0.05, 0) is 62.4 Å². The summed E-state index contributed by atoms with van der Waals surface area (Å²) < 4.78 is 0. The van der Waals surface area contributed by atoms with Gasteiger partial charge in [-0.25, -0.2) is 4.99 Å². The highest BCUT2D eigenvalue weighted by molar-refractivity contribution is 7.98. The number of benzene rings is 2. The smallest absolute Gasteiger partial charge is 0.0909 e. The van der Waals surface area contributed by atoms with Crippen LogP contribution in [0.15, 0.2) is 46.3 Å². The van der Waals surface area contributed by atoms with Crippen LogP contribution in [0.25, 0.3) is 0 Å². The molecular formula is C19H25N3S. The predicted octanol–water partition coefficient (Wildman–Crippen LogP) is 5.38. The maximum Gasteiger partial charge on any atom is 0.0909 e. The number of anilines is 2. The van der Waals surface area contributed by atoms with E-state index >= 15 is 0 Å². The van der Waals surface area contributed by atoms with Gasteiger partial charge in [0.1, 0.15) is 0 Å². The monoisotopic (exact) mass is 327 g/mol. The van der Waals surface area contributed by atoms with Crippen LogP contribution in [0, 0.1) is 13.8 Å². The number of para-hydroxylation sites is 1. The van der Waals surface area contributed by atoms with Crippen LogP contribution in [0.1, 0.15) is 18.1 Å². The second-order valence-electron chi connectivity index (χ2n) is 5.60. The van der Waals surface area contributed by atoms with E-state index in [0.717, 1.165) is 23.6 Å². The average molecular weight is 327 g/mol. The van der Waals surface area contributed by atoms with Crippen molar-refractivity contribution in [3.05, 3.63) is 47.5 Å². The lowest BCUT2D eigenvalue weighted by Gasteiger charge is -2.15. The van der Waals surface area contributed by atoms with E-state index in [1.165, 1.54) is 16.0 Å². The summed E-state index contributed by atoms with van der Waals surface area (Å²) in [5, 5.41) is 3.55. The highest BCUT2D eigenvalue weighted by Gasteiger charge is 2.06. The highest BCUT2D eigenvalue weighted by atomic mass is 32.2. The maximum atomic E-state index is 4.59. The molecule has 0 unspecified atom stereocenters. The predicted molar refractivity (Wildman–Crippen MR) is 104 cm³/mol. The summed E-state index contributed by atoms with van der Waals surface area (Å²) in [6.45, 7) is 7.28. The number of thioether (sulfide) groups is 1. The van der Waals surface area contributed by atoms with Gasteiger partial charge in [-0.1, -0.05) is 12.1 Å². The summed E-state index contributed by atoms with van der Waals surface area (Å²) >= 11 is 1.75. The van der Waals surface area contributed by atoms with E-state index in [4.69, 9.17) is 0 Å². The molecule has 23 heavy (non-hydrogen) atoms. The second-order valence-corrected chi connectivity index (χ2v) is 6.44. The van der Waals surface area contributed by atoms with E-state index < -0.39 is 0 Å². The van der Waals surface area contributed by atoms with Crippen molar-refractivity contribution < 1.29 is 0 Å². The average Bonchev–Trinajstić information content (AvgIpc) is 2.56. The van der Waals surface area contributed by atoms with Gasteiger partial charge in [-0.3, -0.25) is 0 Å². The van der Waals surface area contributed by atoms with Crippen molar-refractivity contribution in [2.24, 2.45) is 4.99 Å².